The van der Waals surface area contributed by atoms with Gasteiger partial charge in [-0.05, 0) is 25.5 Å². The van der Waals surface area contributed by atoms with Gasteiger partial charge in [0.1, 0.15) is 11.1 Å². The molecule has 0 unspecified atom stereocenters. The maximum Gasteiger partial charge on any atom is 0.349 e. The standard InChI is InChI=1S/C15H17NO4/c1-2-16(8-5-9-17)14(18)12-10-11-6-3-4-7-13(11)20-15(12)19/h3-4,6-7,10,17H,2,5,8-9H2,1H3. The summed E-state index contributed by atoms with van der Waals surface area (Å²) in [5, 5.41) is 9.56. The lowest BCUT2D eigenvalue weighted by Gasteiger charge is -2.19. The van der Waals surface area contributed by atoms with Crippen LogP contribution in [0.2, 0.25) is 0 Å². The highest BCUT2D eigenvalue weighted by molar-refractivity contribution is 5.96. The molecular formula is C15H17NO4. The van der Waals surface area contributed by atoms with Crippen molar-refractivity contribution in [3.8, 4) is 0 Å². The van der Waals surface area contributed by atoms with Crippen LogP contribution in [-0.2, 0) is 0 Å². The lowest BCUT2D eigenvalue weighted by Crippen LogP contribution is -2.35. The molecule has 0 aliphatic heterocycles. The molecule has 0 radical (unpaired) electrons. The smallest absolute Gasteiger partial charge is 0.349 e. The molecule has 1 aromatic carbocycles. The number of aliphatic hydroxyl groups excluding tert-OH is 1. The molecule has 0 saturated heterocycles. The molecular weight excluding hydrogens is 258 g/mol. The van der Waals surface area contributed by atoms with Crippen LogP contribution in [0.3, 0.4) is 0 Å². The molecule has 0 aliphatic carbocycles. The van der Waals surface area contributed by atoms with Crippen LogP contribution >= 0.6 is 0 Å². The predicted molar refractivity (Wildman–Crippen MR) is 75.8 cm³/mol. The van der Waals surface area contributed by atoms with Gasteiger partial charge in [0.05, 0.1) is 0 Å². The fraction of sp³-hybridized carbons (Fsp3) is 0.333. The second kappa shape index (κ2) is 6.34. The van der Waals surface area contributed by atoms with E-state index in [1.165, 1.54) is 4.90 Å². The van der Waals surface area contributed by atoms with Crippen molar-refractivity contribution in [2.75, 3.05) is 19.7 Å². The predicted octanol–water partition coefficient (Wildman–Crippen LogP) is 1.64. The summed E-state index contributed by atoms with van der Waals surface area (Å²) in [5.41, 5.74) is -0.132. The molecule has 2 aromatic rings. The number of fused-ring (bicyclic) bond motifs is 1. The SMILES string of the molecule is CCN(CCCO)C(=O)c1cc2ccccc2oc1=O. The van der Waals surface area contributed by atoms with Gasteiger partial charge < -0.3 is 14.4 Å². The van der Waals surface area contributed by atoms with Gasteiger partial charge >= 0.3 is 5.63 Å². The van der Waals surface area contributed by atoms with E-state index in [2.05, 4.69) is 0 Å². The molecule has 0 spiro atoms. The first-order valence-electron chi connectivity index (χ1n) is 6.60. The Morgan fingerprint density at radius 3 is 2.80 bits per heavy atom. The van der Waals surface area contributed by atoms with Crippen molar-refractivity contribution in [2.24, 2.45) is 0 Å². The third-order valence-corrected chi connectivity index (χ3v) is 3.13. The Balaban J connectivity index is 2.38. The fourth-order valence-electron chi connectivity index (χ4n) is 2.05. The molecule has 2 rings (SSSR count). The number of hydrogen-bond donors (Lipinski definition) is 1. The molecule has 0 atom stereocenters. The van der Waals surface area contributed by atoms with Crippen LogP contribution in [0.5, 0.6) is 0 Å². The van der Waals surface area contributed by atoms with E-state index in [0.29, 0.717) is 30.5 Å². The summed E-state index contributed by atoms with van der Waals surface area (Å²) in [7, 11) is 0. The number of carbonyl (C=O) groups is 1. The van der Waals surface area contributed by atoms with Crippen LogP contribution in [0, 0.1) is 0 Å². The molecule has 20 heavy (non-hydrogen) atoms. The molecule has 5 nitrogen and oxygen atoms in total. The second-order valence-corrected chi connectivity index (χ2v) is 4.45. The normalized spacial score (nSPS) is 10.7. The number of para-hydroxylation sites is 1. The highest BCUT2D eigenvalue weighted by Crippen LogP contribution is 2.13. The number of nitrogens with zero attached hydrogens (tertiary/aromatic N) is 1. The fourth-order valence-corrected chi connectivity index (χ4v) is 2.05. The maximum absolute atomic E-state index is 12.3. The Morgan fingerprint density at radius 2 is 2.10 bits per heavy atom. The van der Waals surface area contributed by atoms with Crippen molar-refractivity contribution >= 4 is 16.9 Å². The van der Waals surface area contributed by atoms with E-state index in [1.54, 1.807) is 24.3 Å². The Kier molecular flexibility index (Phi) is 4.53. The van der Waals surface area contributed by atoms with Gasteiger partial charge in [-0.25, -0.2) is 4.79 Å². The van der Waals surface area contributed by atoms with Crippen molar-refractivity contribution < 1.29 is 14.3 Å². The summed E-state index contributed by atoms with van der Waals surface area (Å²) in [4.78, 5) is 25.8. The van der Waals surface area contributed by atoms with Gasteiger partial charge in [-0.2, -0.15) is 0 Å². The zero-order valence-electron chi connectivity index (χ0n) is 11.3. The van der Waals surface area contributed by atoms with Gasteiger partial charge in [0.2, 0.25) is 0 Å². The van der Waals surface area contributed by atoms with E-state index in [9.17, 15) is 9.59 Å². The Morgan fingerprint density at radius 1 is 1.35 bits per heavy atom. The van der Waals surface area contributed by atoms with Crippen molar-refractivity contribution in [1.82, 2.24) is 4.90 Å². The average Bonchev–Trinajstić information content (AvgIpc) is 2.47. The second-order valence-electron chi connectivity index (χ2n) is 4.45. The van der Waals surface area contributed by atoms with E-state index in [0.717, 1.165) is 0 Å². The van der Waals surface area contributed by atoms with Gasteiger partial charge in [0.25, 0.3) is 5.91 Å². The minimum absolute atomic E-state index is 0.0100. The topological polar surface area (TPSA) is 70.8 Å². The Labute approximate surface area is 116 Å². The van der Waals surface area contributed by atoms with E-state index in [1.807, 2.05) is 13.0 Å². The van der Waals surface area contributed by atoms with Crippen molar-refractivity contribution in [3.05, 3.63) is 46.3 Å². The van der Waals surface area contributed by atoms with E-state index >= 15 is 0 Å². The number of aliphatic hydroxyl groups is 1. The van der Waals surface area contributed by atoms with Gasteiger partial charge in [-0.3, -0.25) is 4.79 Å². The van der Waals surface area contributed by atoms with Crippen LogP contribution in [-0.4, -0.2) is 35.6 Å². The van der Waals surface area contributed by atoms with Gasteiger partial charge in [-0.15, -0.1) is 0 Å². The van der Waals surface area contributed by atoms with E-state index in [4.69, 9.17) is 9.52 Å². The Bertz CT molecular complexity index is 662. The van der Waals surface area contributed by atoms with E-state index in [-0.39, 0.29) is 18.1 Å². The third kappa shape index (κ3) is 2.88. The van der Waals surface area contributed by atoms with Crippen LogP contribution in [0.25, 0.3) is 11.0 Å². The zero-order chi connectivity index (χ0) is 14.5. The molecule has 1 amide bonds. The number of rotatable bonds is 5. The number of benzene rings is 1. The van der Waals surface area contributed by atoms with Gasteiger partial charge in [-0.1, -0.05) is 18.2 Å². The van der Waals surface area contributed by atoms with Crippen LogP contribution < -0.4 is 5.63 Å². The average molecular weight is 275 g/mol. The Hall–Kier alpha value is -2.14. The summed E-state index contributed by atoms with van der Waals surface area (Å²) in [6, 6.07) is 8.63. The minimum Gasteiger partial charge on any atom is -0.422 e. The summed E-state index contributed by atoms with van der Waals surface area (Å²) >= 11 is 0. The highest BCUT2D eigenvalue weighted by Gasteiger charge is 2.19. The monoisotopic (exact) mass is 275 g/mol. The van der Waals surface area contributed by atoms with Crippen molar-refractivity contribution in [1.29, 1.82) is 0 Å². The summed E-state index contributed by atoms with van der Waals surface area (Å²) < 4.78 is 5.16. The van der Waals surface area contributed by atoms with Crippen LogP contribution in [0.1, 0.15) is 23.7 Å². The molecule has 0 saturated carbocycles. The molecule has 1 N–H and O–H groups in total. The quantitative estimate of drug-likeness (QED) is 0.842. The van der Waals surface area contributed by atoms with Crippen LogP contribution in [0.15, 0.2) is 39.5 Å². The van der Waals surface area contributed by atoms with Gasteiger partial charge in [0.15, 0.2) is 0 Å². The highest BCUT2D eigenvalue weighted by atomic mass is 16.4. The minimum atomic E-state index is -0.629. The molecule has 1 aromatic heterocycles. The largest absolute Gasteiger partial charge is 0.422 e. The van der Waals surface area contributed by atoms with E-state index < -0.39 is 5.63 Å². The lowest BCUT2D eigenvalue weighted by atomic mass is 10.1. The molecule has 0 fully saturated rings. The first kappa shape index (κ1) is 14.3. The molecule has 5 heteroatoms. The first-order chi connectivity index (χ1) is 9.67. The number of carbonyl (C=O) groups excluding carboxylic acids is 1. The van der Waals surface area contributed by atoms with Crippen molar-refractivity contribution in [3.63, 3.8) is 0 Å². The summed E-state index contributed by atoms with van der Waals surface area (Å²) in [5.74, 6) is -0.361. The third-order valence-electron chi connectivity index (χ3n) is 3.13. The molecule has 106 valence electrons. The number of hydrogen-bond acceptors (Lipinski definition) is 4. The summed E-state index contributed by atoms with van der Waals surface area (Å²) in [6.07, 6.45) is 0.485. The van der Waals surface area contributed by atoms with Crippen molar-refractivity contribution in [2.45, 2.75) is 13.3 Å². The maximum atomic E-state index is 12.3. The molecule has 1 heterocycles. The summed E-state index contributed by atoms with van der Waals surface area (Å²) in [6.45, 7) is 2.73. The first-order valence-corrected chi connectivity index (χ1v) is 6.60. The number of amides is 1. The zero-order valence-corrected chi connectivity index (χ0v) is 11.3. The molecule has 0 bridgehead atoms. The molecule has 0 aliphatic rings. The van der Waals surface area contributed by atoms with Crippen LogP contribution in [0.4, 0.5) is 0 Å². The van der Waals surface area contributed by atoms with Gasteiger partial charge in [0, 0.05) is 25.1 Å². The lowest BCUT2D eigenvalue weighted by molar-refractivity contribution is 0.0750.